The van der Waals surface area contributed by atoms with Crippen molar-refractivity contribution in [3.63, 3.8) is 0 Å². The number of aliphatic hydroxyl groups excluding tert-OH is 1. The first-order chi connectivity index (χ1) is 22.9. The first kappa shape index (κ1) is 30.0. The number of halogens is 1. The fourth-order valence-corrected chi connectivity index (χ4v) is 5.65. The predicted molar refractivity (Wildman–Crippen MR) is 184 cm³/mol. The maximum Gasteiger partial charge on any atom is 0.159 e. The zero-order valence-corrected chi connectivity index (χ0v) is 26.0. The van der Waals surface area contributed by atoms with Crippen LogP contribution in [0.5, 0.6) is 0 Å². The van der Waals surface area contributed by atoms with Crippen molar-refractivity contribution >= 4 is 33.4 Å². The Morgan fingerprint density at radius 2 is 1.72 bits per heavy atom. The van der Waals surface area contributed by atoms with E-state index in [2.05, 4.69) is 40.7 Å². The van der Waals surface area contributed by atoms with Gasteiger partial charge in [0, 0.05) is 54.3 Å². The number of aliphatic hydroxyl groups is 1. The van der Waals surface area contributed by atoms with Crippen LogP contribution in [0.3, 0.4) is 0 Å². The van der Waals surface area contributed by atoms with Crippen LogP contribution in [0.15, 0.2) is 97.5 Å². The molecule has 0 spiro atoms. The number of para-hydroxylation sites is 1. The highest BCUT2D eigenvalue weighted by Gasteiger charge is 2.17. The maximum absolute atomic E-state index is 14.7. The van der Waals surface area contributed by atoms with Gasteiger partial charge >= 0.3 is 0 Å². The van der Waals surface area contributed by atoms with Crippen LogP contribution in [0, 0.1) is 5.82 Å². The van der Waals surface area contributed by atoms with E-state index in [1.807, 2.05) is 80.8 Å². The number of nitrogens with zero attached hydrogens (tertiary/aromatic N) is 5. The molecule has 7 rings (SSSR count). The van der Waals surface area contributed by atoms with E-state index in [1.165, 1.54) is 12.1 Å². The molecule has 0 aliphatic heterocycles. The van der Waals surface area contributed by atoms with Crippen LogP contribution in [-0.4, -0.2) is 73.6 Å². The minimum atomic E-state index is -0.771. The van der Waals surface area contributed by atoms with Crippen LogP contribution < -0.4 is 10.6 Å². The first-order valence-electron chi connectivity index (χ1n) is 15.4. The Morgan fingerprint density at radius 3 is 2.57 bits per heavy atom. The van der Waals surface area contributed by atoms with Gasteiger partial charge in [-0.1, -0.05) is 42.5 Å². The lowest BCUT2D eigenvalue weighted by Crippen LogP contribution is -2.21. The van der Waals surface area contributed by atoms with Crippen LogP contribution in [0.4, 0.5) is 15.8 Å². The highest BCUT2D eigenvalue weighted by Crippen LogP contribution is 2.34. The first-order valence-corrected chi connectivity index (χ1v) is 15.4. The molecule has 1 atom stereocenters. The number of likely N-dealkylation sites (N-methyl/N-ethyl adjacent to an activating group) is 1. The second-order valence-corrected chi connectivity index (χ2v) is 11.8. The minimum Gasteiger partial charge on any atom is -0.384 e. The standard InChI is InChI=1S/C36H34FN9O/c1-46(2)12-11-39-27-15-23(14-26(37)18-27)29-9-6-10-31-33(29)43-36(42-31)34-30-17-25(20-40-35(30)45-44-34)24-16-28(21-38-19-24)41-32(47)13-22-7-4-3-5-8-22/h3-10,14-21,32,39,41,47H,11-13H2,1-2H3,(H,42,43)(H,40,44,45). The Balaban J connectivity index is 1.18. The molecule has 0 aliphatic rings. The van der Waals surface area contributed by atoms with Crippen molar-refractivity contribution in [3.8, 4) is 33.8 Å². The Hall–Kier alpha value is -5.65. The number of aromatic amines is 2. The van der Waals surface area contributed by atoms with Gasteiger partial charge < -0.3 is 25.6 Å². The van der Waals surface area contributed by atoms with Gasteiger partial charge in [-0.15, -0.1) is 0 Å². The Bertz CT molecular complexity index is 2160. The number of imidazole rings is 1. The lowest BCUT2D eigenvalue weighted by atomic mass is 10.0. The van der Waals surface area contributed by atoms with E-state index >= 15 is 0 Å². The second-order valence-electron chi connectivity index (χ2n) is 11.8. The van der Waals surface area contributed by atoms with Crippen molar-refractivity contribution in [1.29, 1.82) is 0 Å². The number of nitrogens with one attached hydrogen (secondary N) is 4. The zero-order chi connectivity index (χ0) is 32.3. The summed E-state index contributed by atoms with van der Waals surface area (Å²) in [6.07, 6.45) is 4.89. The molecule has 7 aromatic rings. The van der Waals surface area contributed by atoms with Crippen molar-refractivity contribution in [1.82, 2.24) is 35.0 Å². The molecule has 0 radical (unpaired) electrons. The Labute approximate surface area is 270 Å². The largest absolute Gasteiger partial charge is 0.384 e. The topological polar surface area (TPSA) is 131 Å². The third-order valence-electron chi connectivity index (χ3n) is 7.93. The van der Waals surface area contributed by atoms with Crippen LogP contribution in [0.2, 0.25) is 0 Å². The molecule has 0 aliphatic carbocycles. The van der Waals surface area contributed by atoms with Crippen molar-refractivity contribution in [2.24, 2.45) is 0 Å². The molecule has 3 aromatic carbocycles. The van der Waals surface area contributed by atoms with E-state index in [0.29, 0.717) is 47.0 Å². The highest BCUT2D eigenvalue weighted by molar-refractivity contribution is 5.97. The minimum absolute atomic E-state index is 0.320. The number of benzene rings is 3. The van der Waals surface area contributed by atoms with E-state index in [-0.39, 0.29) is 5.82 Å². The molecule has 0 saturated carbocycles. The van der Waals surface area contributed by atoms with Gasteiger partial charge in [0.25, 0.3) is 0 Å². The molecule has 5 N–H and O–H groups in total. The second kappa shape index (κ2) is 13.0. The summed E-state index contributed by atoms with van der Waals surface area (Å²) >= 11 is 0. The van der Waals surface area contributed by atoms with Gasteiger partial charge in [-0.25, -0.2) is 14.4 Å². The number of H-pyrrole nitrogens is 2. The van der Waals surface area contributed by atoms with E-state index < -0.39 is 6.23 Å². The molecular formula is C36H34FN9O. The number of pyridine rings is 2. The van der Waals surface area contributed by atoms with Gasteiger partial charge in [0.05, 0.1) is 28.3 Å². The number of aromatic nitrogens is 6. The molecule has 0 amide bonds. The van der Waals surface area contributed by atoms with Gasteiger partial charge in [-0.2, -0.15) is 5.10 Å². The normalized spacial score (nSPS) is 12.2. The van der Waals surface area contributed by atoms with E-state index in [0.717, 1.165) is 45.3 Å². The van der Waals surface area contributed by atoms with Crippen LogP contribution >= 0.6 is 0 Å². The number of hydrogen-bond acceptors (Lipinski definition) is 8. The summed E-state index contributed by atoms with van der Waals surface area (Å²) in [5.41, 5.74) is 8.38. The van der Waals surface area contributed by atoms with Crippen LogP contribution in [-0.2, 0) is 6.42 Å². The molecule has 11 heteroatoms. The SMILES string of the molecule is CN(C)CCNc1cc(F)cc(-c2cccc3[nH]c(-c4n[nH]c5ncc(-c6cncc(NC(O)Cc7ccccc7)c6)cc45)nc23)c1. The van der Waals surface area contributed by atoms with E-state index in [9.17, 15) is 9.50 Å². The quantitative estimate of drug-likeness (QED) is 0.105. The van der Waals surface area contributed by atoms with Crippen molar-refractivity contribution in [3.05, 3.63) is 109 Å². The third kappa shape index (κ3) is 6.67. The monoisotopic (exact) mass is 627 g/mol. The smallest absolute Gasteiger partial charge is 0.159 e. The van der Waals surface area contributed by atoms with Gasteiger partial charge in [0.15, 0.2) is 11.5 Å². The molecule has 0 fully saturated rings. The van der Waals surface area contributed by atoms with E-state index in [1.54, 1.807) is 18.6 Å². The summed E-state index contributed by atoms with van der Waals surface area (Å²) < 4.78 is 14.7. The zero-order valence-electron chi connectivity index (χ0n) is 26.0. The number of anilines is 2. The molecule has 1 unspecified atom stereocenters. The van der Waals surface area contributed by atoms with Crippen molar-refractivity contribution in [2.45, 2.75) is 12.6 Å². The van der Waals surface area contributed by atoms with Gasteiger partial charge in [-0.3, -0.25) is 10.1 Å². The predicted octanol–water partition coefficient (Wildman–Crippen LogP) is 6.32. The van der Waals surface area contributed by atoms with E-state index in [4.69, 9.17) is 4.98 Å². The number of rotatable bonds is 11. The fraction of sp³-hybridized carbons (Fsp3) is 0.167. The molecule has 236 valence electrons. The molecule has 0 saturated heterocycles. The Morgan fingerprint density at radius 1 is 0.894 bits per heavy atom. The molecule has 0 bridgehead atoms. The number of fused-ring (bicyclic) bond motifs is 2. The summed E-state index contributed by atoms with van der Waals surface area (Å²) in [5.74, 6) is 0.245. The van der Waals surface area contributed by atoms with Gasteiger partial charge in [0.2, 0.25) is 0 Å². The molecule has 47 heavy (non-hydrogen) atoms. The summed E-state index contributed by atoms with van der Waals surface area (Å²) in [5, 5.41) is 25.4. The van der Waals surface area contributed by atoms with Crippen LogP contribution in [0.25, 0.3) is 55.8 Å². The summed E-state index contributed by atoms with van der Waals surface area (Å²) in [7, 11) is 4.00. The van der Waals surface area contributed by atoms with Gasteiger partial charge in [0.1, 0.15) is 17.7 Å². The lowest BCUT2D eigenvalue weighted by molar-refractivity contribution is 0.204. The number of hydrogen-bond donors (Lipinski definition) is 5. The van der Waals surface area contributed by atoms with Gasteiger partial charge in [-0.05, 0) is 61.6 Å². The van der Waals surface area contributed by atoms with Crippen LogP contribution in [0.1, 0.15) is 5.56 Å². The summed E-state index contributed by atoms with van der Waals surface area (Å²) in [6, 6.07) is 24.5. The summed E-state index contributed by atoms with van der Waals surface area (Å²) in [4.78, 5) is 19.4. The highest BCUT2D eigenvalue weighted by atomic mass is 19.1. The Kier molecular flexibility index (Phi) is 8.30. The lowest BCUT2D eigenvalue weighted by Gasteiger charge is -2.14. The third-order valence-corrected chi connectivity index (χ3v) is 7.93. The molecule has 4 heterocycles. The average Bonchev–Trinajstić information content (AvgIpc) is 3.69. The van der Waals surface area contributed by atoms with Crippen molar-refractivity contribution in [2.75, 3.05) is 37.8 Å². The maximum atomic E-state index is 14.7. The van der Waals surface area contributed by atoms with Crippen molar-refractivity contribution < 1.29 is 9.50 Å². The molecule has 10 nitrogen and oxygen atoms in total. The summed E-state index contributed by atoms with van der Waals surface area (Å²) in [6.45, 7) is 1.52. The average molecular weight is 628 g/mol. The molecular weight excluding hydrogens is 593 g/mol. The fourth-order valence-electron chi connectivity index (χ4n) is 5.65. The molecule has 4 aromatic heterocycles.